The Labute approximate surface area is 94.8 Å². The summed E-state index contributed by atoms with van der Waals surface area (Å²) >= 11 is 0. The minimum Gasteiger partial charge on any atom is -0.384 e. The van der Waals surface area contributed by atoms with Gasteiger partial charge in [0, 0.05) is 25.8 Å². The molecule has 0 amide bonds. The number of ether oxygens (including phenoxy) is 1. The van der Waals surface area contributed by atoms with E-state index >= 15 is 0 Å². The number of nitrogens with two attached hydrogens (primary N) is 1. The van der Waals surface area contributed by atoms with Gasteiger partial charge in [0.2, 0.25) is 5.95 Å². The van der Waals surface area contributed by atoms with Crippen LogP contribution in [0.4, 0.5) is 11.8 Å². The van der Waals surface area contributed by atoms with E-state index in [1.54, 1.807) is 12.3 Å². The van der Waals surface area contributed by atoms with Gasteiger partial charge in [0.1, 0.15) is 5.82 Å². The summed E-state index contributed by atoms with van der Waals surface area (Å²) in [6.45, 7) is 3.40. The van der Waals surface area contributed by atoms with Gasteiger partial charge in [-0.2, -0.15) is 4.98 Å². The number of anilines is 2. The fraction of sp³-hybridized carbons (Fsp3) is 0.600. The Hall–Kier alpha value is -1.40. The van der Waals surface area contributed by atoms with Crippen LogP contribution in [0.15, 0.2) is 12.3 Å². The van der Waals surface area contributed by atoms with E-state index in [1.807, 2.05) is 0 Å². The van der Waals surface area contributed by atoms with Gasteiger partial charge in [0.25, 0.3) is 0 Å². The molecule has 2 rings (SSSR count). The first-order valence-corrected chi connectivity index (χ1v) is 5.36. The van der Waals surface area contributed by atoms with Crippen LogP contribution < -0.4 is 11.1 Å². The number of nitrogens with zero attached hydrogens (tertiary/aromatic N) is 3. The van der Waals surface area contributed by atoms with Crippen molar-refractivity contribution < 1.29 is 4.74 Å². The number of hydrogen-bond acceptors (Lipinski definition) is 6. The summed E-state index contributed by atoms with van der Waals surface area (Å²) in [4.78, 5) is 10.4. The molecule has 6 nitrogen and oxygen atoms in total. The maximum absolute atomic E-state index is 5.61. The first-order valence-electron chi connectivity index (χ1n) is 5.36. The smallest absolute Gasteiger partial charge is 0.224 e. The van der Waals surface area contributed by atoms with E-state index in [2.05, 4.69) is 27.2 Å². The van der Waals surface area contributed by atoms with Crippen molar-refractivity contribution in [2.75, 3.05) is 44.3 Å². The van der Waals surface area contributed by atoms with Gasteiger partial charge < -0.3 is 20.7 Å². The molecule has 1 aliphatic heterocycles. The molecular weight excluding hydrogens is 206 g/mol. The van der Waals surface area contributed by atoms with Crippen LogP contribution >= 0.6 is 0 Å². The third-order valence-electron chi connectivity index (χ3n) is 2.51. The molecule has 0 saturated carbocycles. The zero-order chi connectivity index (χ0) is 11.4. The summed E-state index contributed by atoms with van der Waals surface area (Å²) in [5.74, 6) is 1.02. The molecule has 1 aliphatic rings. The molecule has 1 fully saturated rings. The average Bonchev–Trinajstić information content (AvgIpc) is 2.27. The Balaban J connectivity index is 1.82. The first kappa shape index (κ1) is 11.1. The maximum Gasteiger partial charge on any atom is 0.224 e. The van der Waals surface area contributed by atoms with Gasteiger partial charge in [-0.3, -0.25) is 0 Å². The zero-order valence-electron chi connectivity index (χ0n) is 9.39. The molecule has 0 bridgehead atoms. The van der Waals surface area contributed by atoms with E-state index in [4.69, 9.17) is 10.5 Å². The highest BCUT2D eigenvalue weighted by Crippen LogP contribution is 2.05. The predicted molar refractivity (Wildman–Crippen MR) is 62.2 cm³/mol. The zero-order valence-corrected chi connectivity index (χ0v) is 9.39. The molecule has 1 aromatic rings. The summed E-state index contributed by atoms with van der Waals surface area (Å²) < 4.78 is 5.61. The van der Waals surface area contributed by atoms with E-state index in [1.165, 1.54) is 0 Å². The van der Waals surface area contributed by atoms with E-state index in [0.717, 1.165) is 19.7 Å². The number of nitrogens with one attached hydrogen (secondary N) is 1. The molecule has 1 atom stereocenters. The Morgan fingerprint density at radius 1 is 1.69 bits per heavy atom. The fourth-order valence-electron chi connectivity index (χ4n) is 1.65. The number of rotatable bonds is 3. The van der Waals surface area contributed by atoms with Crippen molar-refractivity contribution in [3.05, 3.63) is 12.3 Å². The van der Waals surface area contributed by atoms with Gasteiger partial charge >= 0.3 is 0 Å². The number of likely N-dealkylation sites (N-methyl/N-ethyl adjacent to an activating group) is 1. The van der Waals surface area contributed by atoms with E-state index in [-0.39, 0.29) is 6.10 Å². The van der Waals surface area contributed by atoms with Crippen molar-refractivity contribution >= 4 is 11.8 Å². The highest BCUT2D eigenvalue weighted by Gasteiger charge is 2.17. The molecule has 2 heterocycles. The molecule has 16 heavy (non-hydrogen) atoms. The lowest BCUT2D eigenvalue weighted by Crippen LogP contribution is -2.43. The highest BCUT2D eigenvalue weighted by atomic mass is 16.5. The van der Waals surface area contributed by atoms with Crippen LogP contribution in [0.1, 0.15) is 0 Å². The Morgan fingerprint density at radius 3 is 3.31 bits per heavy atom. The SMILES string of the molecule is CN1CCOC(CNc2nccc(N)n2)C1. The number of hydrogen-bond donors (Lipinski definition) is 2. The lowest BCUT2D eigenvalue weighted by atomic mass is 10.3. The standard InChI is InChI=1S/C10H17N5O/c1-15-4-5-16-8(7-15)6-13-10-12-3-2-9(11)14-10/h2-3,8H,4-7H2,1H3,(H3,11,12,13,14). The number of aromatic nitrogens is 2. The number of nitrogen functional groups attached to an aromatic ring is 1. The molecule has 1 aromatic heterocycles. The Morgan fingerprint density at radius 2 is 2.56 bits per heavy atom. The molecule has 1 saturated heterocycles. The lowest BCUT2D eigenvalue weighted by Gasteiger charge is -2.30. The second-order valence-electron chi connectivity index (χ2n) is 3.94. The van der Waals surface area contributed by atoms with Gasteiger partial charge in [0.05, 0.1) is 12.7 Å². The average molecular weight is 223 g/mol. The second kappa shape index (κ2) is 5.09. The monoisotopic (exact) mass is 223 g/mol. The third kappa shape index (κ3) is 3.04. The van der Waals surface area contributed by atoms with Crippen LogP contribution in [0.3, 0.4) is 0 Å². The van der Waals surface area contributed by atoms with Crippen molar-refractivity contribution in [3.8, 4) is 0 Å². The minimum absolute atomic E-state index is 0.184. The van der Waals surface area contributed by atoms with Crippen molar-refractivity contribution in [3.63, 3.8) is 0 Å². The van der Waals surface area contributed by atoms with Crippen molar-refractivity contribution in [2.45, 2.75) is 6.10 Å². The molecule has 6 heteroatoms. The normalized spacial score (nSPS) is 21.9. The summed E-state index contributed by atoms with van der Waals surface area (Å²) in [7, 11) is 2.09. The van der Waals surface area contributed by atoms with Gasteiger partial charge in [-0.15, -0.1) is 0 Å². The van der Waals surface area contributed by atoms with Gasteiger partial charge in [-0.1, -0.05) is 0 Å². The molecule has 1 unspecified atom stereocenters. The minimum atomic E-state index is 0.184. The molecular formula is C10H17N5O. The molecule has 3 N–H and O–H groups in total. The van der Waals surface area contributed by atoms with Gasteiger partial charge in [-0.05, 0) is 13.1 Å². The van der Waals surface area contributed by atoms with Crippen molar-refractivity contribution in [1.82, 2.24) is 14.9 Å². The van der Waals surface area contributed by atoms with Crippen molar-refractivity contribution in [1.29, 1.82) is 0 Å². The first-order chi connectivity index (χ1) is 7.74. The molecule has 0 aliphatic carbocycles. The highest BCUT2D eigenvalue weighted by molar-refractivity contribution is 5.34. The number of morpholine rings is 1. The molecule has 0 radical (unpaired) electrons. The molecule has 0 aromatic carbocycles. The van der Waals surface area contributed by atoms with Crippen LogP contribution in [0.25, 0.3) is 0 Å². The molecule has 0 spiro atoms. The summed E-state index contributed by atoms with van der Waals surface area (Å²) in [6, 6.07) is 1.66. The fourth-order valence-corrected chi connectivity index (χ4v) is 1.65. The summed E-state index contributed by atoms with van der Waals surface area (Å²) in [5.41, 5.74) is 5.56. The topological polar surface area (TPSA) is 76.3 Å². The van der Waals surface area contributed by atoms with Gasteiger partial charge in [0.15, 0.2) is 0 Å². The summed E-state index contributed by atoms with van der Waals surface area (Å²) in [6.07, 6.45) is 1.82. The Kier molecular flexibility index (Phi) is 3.53. The van der Waals surface area contributed by atoms with Gasteiger partial charge in [-0.25, -0.2) is 4.98 Å². The Bertz CT molecular complexity index is 346. The van der Waals surface area contributed by atoms with Crippen LogP contribution in [0.5, 0.6) is 0 Å². The summed E-state index contributed by atoms with van der Waals surface area (Å²) in [5, 5.41) is 3.12. The second-order valence-corrected chi connectivity index (χ2v) is 3.94. The third-order valence-corrected chi connectivity index (χ3v) is 2.51. The maximum atomic E-state index is 5.61. The van der Waals surface area contributed by atoms with Crippen molar-refractivity contribution in [2.24, 2.45) is 0 Å². The van der Waals surface area contributed by atoms with Crippen LogP contribution in [-0.4, -0.2) is 54.3 Å². The van der Waals surface area contributed by atoms with E-state index in [9.17, 15) is 0 Å². The van der Waals surface area contributed by atoms with E-state index < -0.39 is 0 Å². The lowest BCUT2D eigenvalue weighted by molar-refractivity contribution is -0.0117. The quantitative estimate of drug-likeness (QED) is 0.739. The molecule has 88 valence electrons. The van der Waals surface area contributed by atoms with Crippen LogP contribution in [0, 0.1) is 0 Å². The predicted octanol–water partition coefficient (Wildman–Crippen LogP) is -0.199. The largest absolute Gasteiger partial charge is 0.384 e. The van der Waals surface area contributed by atoms with Crippen LogP contribution in [-0.2, 0) is 4.74 Å². The van der Waals surface area contributed by atoms with E-state index in [0.29, 0.717) is 18.3 Å². The van der Waals surface area contributed by atoms with Crippen LogP contribution in [0.2, 0.25) is 0 Å².